The molecule has 7 heterocycles. The number of fused-ring (bicyclic) bond motifs is 14. The van der Waals surface area contributed by atoms with Gasteiger partial charge in [0.1, 0.15) is 0 Å². The number of benzene rings is 11. The summed E-state index contributed by atoms with van der Waals surface area (Å²) in [4.78, 5) is 48.1. The van der Waals surface area contributed by atoms with E-state index in [1.54, 1.807) is 0 Å². The van der Waals surface area contributed by atoms with E-state index in [-0.39, 0.29) is 0 Å². The molecule has 0 saturated heterocycles. The summed E-state index contributed by atoms with van der Waals surface area (Å²) in [6.45, 7) is 0. The number of aromatic nitrogens is 13. The molecule has 0 aliphatic carbocycles. The van der Waals surface area contributed by atoms with E-state index in [9.17, 15) is 0 Å². The van der Waals surface area contributed by atoms with E-state index in [0.29, 0.717) is 52.9 Å². The zero-order valence-electron chi connectivity index (χ0n) is 46.8. The predicted octanol–water partition coefficient (Wildman–Crippen LogP) is 17.0. The van der Waals surface area contributed by atoms with Gasteiger partial charge in [0.25, 0.3) is 0 Å². The highest BCUT2D eigenvalue weighted by Gasteiger charge is 2.28. The molecule has 0 unspecified atom stereocenters. The van der Waals surface area contributed by atoms with Crippen molar-refractivity contribution in [1.29, 1.82) is 0 Å². The Balaban J connectivity index is 0.929. The number of para-hydroxylation sites is 4. The molecule has 0 fully saturated rings. The lowest BCUT2D eigenvalue weighted by Gasteiger charge is -2.14. The van der Waals surface area contributed by atoms with Crippen LogP contribution in [-0.4, -0.2) is 63.1 Å². The Morgan fingerprint density at radius 1 is 0.170 bits per heavy atom. The molecule has 0 atom stereocenters. The molecule has 13 nitrogen and oxygen atoms in total. The summed E-state index contributed by atoms with van der Waals surface area (Å²) in [6.07, 6.45) is 0. The van der Waals surface area contributed by atoms with E-state index in [4.69, 9.17) is 44.9 Å². The first-order chi connectivity index (χ1) is 43.7. The zero-order valence-corrected chi connectivity index (χ0v) is 46.8. The number of hydrogen-bond donors (Lipinski definition) is 0. The lowest BCUT2D eigenvalue weighted by atomic mass is 10.1. The van der Waals surface area contributed by atoms with E-state index in [0.717, 1.165) is 115 Å². The molecular weight excluding hydrogens is 1080 g/mol. The molecule has 11 aromatic carbocycles. The molecule has 0 spiro atoms. The third-order valence-electron chi connectivity index (χ3n) is 16.8. The van der Waals surface area contributed by atoms with Crippen LogP contribution in [0, 0.1) is 0 Å². The van der Waals surface area contributed by atoms with Gasteiger partial charge in [0.15, 0.2) is 29.1 Å². The van der Waals surface area contributed by atoms with E-state index < -0.39 is 0 Å². The fraction of sp³-hybridized carbons (Fsp3) is 0. The van der Waals surface area contributed by atoms with E-state index >= 15 is 0 Å². The van der Waals surface area contributed by atoms with Gasteiger partial charge in [-0.05, 0) is 36.4 Å². The summed E-state index contributed by atoms with van der Waals surface area (Å²) < 4.78 is 8.79. The van der Waals surface area contributed by atoms with Crippen molar-refractivity contribution in [2.45, 2.75) is 0 Å². The summed E-state index contributed by atoms with van der Waals surface area (Å²) >= 11 is 0. The lowest BCUT2D eigenvalue weighted by molar-refractivity contribution is 0.894. The summed E-state index contributed by atoms with van der Waals surface area (Å²) in [5.74, 6) is 4.70. The fourth-order valence-electron chi connectivity index (χ4n) is 12.9. The van der Waals surface area contributed by atoms with Crippen molar-refractivity contribution in [3.8, 4) is 80.7 Å². The first-order valence-corrected chi connectivity index (χ1v) is 29.1. The second kappa shape index (κ2) is 19.6. The molecule has 0 aliphatic heterocycles. The highest BCUT2D eigenvalue weighted by atomic mass is 15.3. The predicted molar refractivity (Wildman–Crippen MR) is 351 cm³/mol. The van der Waals surface area contributed by atoms with Crippen LogP contribution in [0.25, 0.3) is 168 Å². The maximum absolute atomic E-state index is 5.75. The van der Waals surface area contributed by atoms with Gasteiger partial charge in [-0.25, -0.2) is 9.97 Å². The number of hydrogen-bond acceptors (Lipinski definition) is 9. The highest BCUT2D eigenvalue weighted by molar-refractivity contribution is 6.27. The minimum Gasteiger partial charge on any atom is -0.278 e. The third-order valence-corrected chi connectivity index (χ3v) is 16.8. The molecule has 18 rings (SSSR count). The largest absolute Gasteiger partial charge is 0.278 e. The zero-order chi connectivity index (χ0) is 57.8. The molecular formula is C75H45N13. The van der Waals surface area contributed by atoms with Gasteiger partial charge in [-0.15, -0.1) is 0 Å². The summed E-state index contributed by atoms with van der Waals surface area (Å²) in [7, 11) is 0. The maximum atomic E-state index is 5.75. The molecule has 18 aromatic rings. The number of nitrogens with zero attached hydrogens (tertiary/aromatic N) is 13. The standard InChI is InChI=1S/C75H45N13/c1-6-24-46(25-7-1)67-76-68(47-26-8-2-9-27-47)79-72(78-67)85-59-40-22-18-36-55(59)63-61(85)44-42-53-51-34-16-20-38-57(51)87(65(53)63)74-82-71(50-32-14-5-15-33-50)83-75(84-74)88-58-39-21-17-35-52(58)54-43-45-62-64(66(54)88)56-37-19-23-41-60(56)86(62)73-80-69(48-28-10-3-11-29-48)77-70(81-73)49-30-12-4-13-31-49/h1-45H. The van der Waals surface area contributed by atoms with Gasteiger partial charge in [-0.1, -0.05) is 237 Å². The van der Waals surface area contributed by atoms with Gasteiger partial charge in [0.05, 0.1) is 44.1 Å². The Kier molecular flexibility index (Phi) is 11.0. The van der Waals surface area contributed by atoms with Crippen molar-refractivity contribution in [2.75, 3.05) is 0 Å². The molecule has 0 saturated carbocycles. The van der Waals surface area contributed by atoms with E-state index in [2.05, 4.69) is 152 Å². The van der Waals surface area contributed by atoms with Crippen LogP contribution in [0.3, 0.4) is 0 Å². The normalized spacial score (nSPS) is 11.9. The quantitative estimate of drug-likeness (QED) is 0.138. The van der Waals surface area contributed by atoms with E-state index in [1.165, 1.54) is 0 Å². The fourth-order valence-corrected chi connectivity index (χ4v) is 12.9. The van der Waals surface area contributed by atoms with Gasteiger partial charge in [-0.3, -0.25) is 18.3 Å². The van der Waals surface area contributed by atoms with Crippen molar-refractivity contribution in [1.82, 2.24) is 63.1 Å². The van der Waals surface area contributed by atoms with Crippen molar-refractivity contribution in [2.24, 2.45) is 0 Å². The second-order valence-electron chi connectivity index (χ2n) is 21.8. The Morgan fingerprint density at radius 3 is 0.739 bits per heavy atom. The summed E-state index contributed by atoms with van der Waals surface area (Å²) in [5, 5.41) is 8.18. The summed E-state index contributed by atoms with van der Waals surface area (Å²) in [6, 6.07) is 93.4. The van der Waals surface area contributed by atoms with Gasteiger partial charge in [0, 0.05) is 70.9 Å². The molecule has 88 heavy (non-hydrogen) atoms. The van der Waals surface area contributed by atoms with Crippen LogP contribution in [0.1, 0.15) is 0 Å². The molecule has 0 radical (unpaired) electrons. The Morgan fingerprint density at radius 2 is 0.420 bits per heavy atom. The molecule has 7 aromatic heterocycles. The SMILES string of the molecule is c1ccc(-c2nc(-c3ccccc3)nc(-n3c4ccccc4c4c3ccc3c5ccccc5n(-c5nc(-c6ccccc6)nc(-n6c7ccccc7c7ccc8c(c9ccccc9n8-c8nc(-c9ccccc9)nc(-c9ccccc9)n8)c76)n5)c34)n2)cc1. The third kappa shape index (κ3) is 7.63. The van der Waals surface area contributed by atoms with Gasteiger partial charge in [0.2, 0.25) is 23.8 Å². The number of rotatable bonds is 9. The van der Waals surface area contributed by atoms with Crippen LogP contribution in [-0.2, 0) is 0 Å². The van der Waals surface area contributed by atoms with Crippen molar-refractivity contribution in [3.63, 3.8) is 0 Å². The minimum atomic E-state index is 0.449. The molecule has 0 amide bonds. The molecule has 410 valence electrons. The second-order valence-corrected chi connectivity index (χ2v) is 21.8. The Bertz CT molecular complexity index is 5350. The smallest absolute Gasteiger partial charge is 0.240 e. The topological polar surface area (TPSA) is 136 Å². The van der Waals surface area contributed by atoms with Crippen LogP contribution in [0.4, 0.5) is 0 Å². The minimum absolute atomic E-state index is 0.449. The average molecular weight is 1130 g/mol. The van der Waals surface area contributed by atoms with Crippen molar-refractivity contribution >= 4 is 87.2 Å². The monoisotopic (exact) mass is 1130 g/mol. The van der Waals surface area contributed by atoms with Crippen LogP contribution < -0.4 is 0 Å². The average Bonchev–Trinajstić information content (AvgIpc) is 1.60. The van der Waals surface area contributed by atoms with E-state index in [1.807, 2.05) is 140 Å². The van der Waals surface area contributed by atoms with Gasteiger partial charge >= 0.3 is 0 Å². The van der Waals surface area contributed by atoms with Crippen LogP contribution in [0.2, 0.25) is 0 Å². The highest BCUT2D eigenvalue weighted by Crippen LogP contribution is 2.45. The Labute approximate surface area is 501 Å². The van der Waals surface area contributed by atoms with Crippen LogP contribution >= 0.6 is 0 Å². The molecule has 0 N–H and O–H groups in total. The van der Waals surface area contributed by atoms with Gasteiger partial charge in [-0.2, -0.15) is 34.9 Å². The first kappa shape index (κ1) is 49.1. The molecule has 0 bridgehead atoms. The summed E-state index contributed by atoms with van der Waals surface area (Å²) in [5.41, 5.74) is 11.8. The lowest BCUT2D eigenvalue weighted by Crippen LogP contribution is -2.10. The first-order valence-electron chi connectivity index (χ1n) is 29.1. The van der Waals surface area contributed by atoms with Crippen LogP contribution in [0.5, 0.6) is 0 Å². The van der Waals surface area contributed by atoms with Crippen molar-refractivity contribution < 1.29 is 0 Å². The molecule has 13 heteroatoms. The molecule has 0 aliphatic rings. The van der Waals surface area contributed by atoms with Crippen molar-refractivity contribution in [3.05, 3.63) is 273 Å². The van der Waals surface area contributed by atoms with Gasteiger partial charge < -0.3 is 0 Å². The maximum Gasteiger partial charge on any atom is 0.240 e. The van der Waals surface area contributed by atoms with Crippen LogP contribution in [0.15, 0.2) is 273 Å². The Hall–Kier alpha value is -12.4.